The van der Waals surface area contributed by atoms with Crippen molar-refractivity contribution in [3.8, 4) is 0 Å². The molecule has 5 heteroatoms. The van der Waals surface area contributed by atoms with Gasteiger partial charge < -0.3 is 10.4 Å². The Morgan fingerprint density at radius 1 is 1.44 bits per heavy atom. The molecule has 1 aromatic heterocycles. The molecule has 1 aromatic rings. The summed E-state index contributed by atoms with van der Waals surface area (Å²) in [5.41, 5.74) is 1.20. The molecule has 0 unspecified atom stereocenters. The Hall–Kier alpha value is -0.580. The van der Waals surface area contributed by atoms with Crippen LogP contribution in [-0.4, -0.2) is 28.0 Å². The summed E-state index contributed by atoms with van der Waals surface area (Å²) in [4.78, 5) is 0. The van der Waals surface area contributed by atoms with Crippen LogP contribution in [0.25, 0.3) is 0 Å². The quantitative estimate of drug-likeness (QED) is 0.773. The van der Waals surface area contributed by atoms with Crippen LogP contribution < -0.4 is 5.32 Å². The van der Waals surface area contributed by atoms with E-state index in [9.17, 15) is 0 Å². The maximum absolute atomic E-state index is 8.64. The van der Waals surface area contributed by atoms with Gasteiger partial charge in [-0.1, -0.05) is 12.8 Å². The molecule has 1 aliphatic carbocycles. The molecule has 0 radical (unpaired) electrons. The molecule has 2 rings (SSSR count). The fraction of sp³-hybridized carbons (Fsp3) is 0.727. The molecule has 16 heavy (non-hydrogen) atoms. The lowest BCUT2D eigenvalue weighted by molar-refractivity contribution is 0.292. The van der Waals surface area contributed by atoms with Crippen molar-refractivity contribution in [3.63, 3.8) is 0 Å². The number of halogens is 1. The van der Waals surface area contributed by atoms with E-state index in [1.54, 1.807) is 0 Å². The second-order valence-corrected chi connectivity index (χ2v) is 4.17. The van der Waals surface area contributed by atoms with Crippen LogP contribution in [0.5, 0.6) is 0 Å². The molecule has 0 amide bonds. The Morgan fingerprint density at radius 2 is 2.19 bits per heavy atom. The minimum atomic E-state index is 0. The normalized spacial score (nSPS) is 16.3. The van der Waals surface area contributed by atoms with Crippen LogP contribution in [0, 0.1) is 0 Å². The van der Waals surface area contributed by atoms with Gasteiger partial charge in [0.1, 0.15) is 0 Å². The van der Waals surface area contributed by atoms with Crippen molar-refractivity contribution in [3.05, 3.63) is 18.0 Å². The van der Waals surface area contributed by atoms with Gasteiger partial charge in [-0.05, 0) is 12.8 Å². The third-order valence-electron chi connectivity index (χ3n) is 2.97. The third kappa shape index (κ3) is 3.47. The van der Waals surface area contributed by atoms with Crippen molar-refractivity contribution < 1.29 is 5.11 Å². The molecule has 1 heterocycles. The summed E-state index contributed by atoms with van der Waals surface area (Å²) in [5.74, 6) is 0. The number of aromatic nitrogens is 2. The molecule has 0 aromatic carbocycles. The predicted molar refractivity (Wildman–Crippen MR) is 65.8 cm³/mol. The number of hydrogen-bond donors (Lipinski definition) is 2. The van der Waals surface area contributed by atoms with Crippen LogP contribution in [-0.2, 0) is 6.54 Å². The average molecular weight is 246 g/mol. The topological polar surface area (TPSA) is 50.1 Å². The number of rotatable bonds is 5. The van der Waals surface area contributed by atoms with Gasteiger partial charge in [-0.2, -0.15) is 5.10 Å². The number of hydrogen-bond acceptors (Lipinski definition) is 3. The van der Waals surface area contributed by atoms with E-state index in [-0.39, 0.29) is 19.0 Å². The molecule has 4 nitrogen and oxygen atoms in total. The second kappa shape index (κ2) is 6.89. The lowest BCUT2D eigenvalue weighted by atomic mass is 10.2. The first-order chi connectivity index (χ1) is 7.40. The van der Waals surface area contributed by atoms with E-state index >= 15 is 0 Å². The van der Waals surface area contributed by atoms with Gasteiger partial charge in [0.2, 0.25) is 0 Å². The molecular weight excluding hydrogens is 226 g/mol. The highest BCUT2D eigenvalue weighted by Crippen LogP contribution is 2.28. The van der Waals surface area contributed by atoms with E-state index in [0.29, 0.717) is 12.6 Å². The van der Waals surface area contributed by atoms with Crippen LogP contribution in [0.2, 0.25) is 0 Å². The van der Waals surface area contributed by atoms with Gasteiger partial charge in [0, 0.05) is 24.8 Å². The first-order valence-electron chi connectivity index (χ1n) is 5.75. The Labute approximate surface area is 102 Å². The minimum absolute atomic E-state index is 0. The smallest absolute Gasteiger partial charge is 0.0556 e. The van der Waals surface area contributed by atoms with Crippen molar-refractivity contribution in [2.45, 2.75) is 38.3 Å². The standard InChI is InChI=1S/C11H19N3O.ClH/c15-6-5-12-7-10-8-13-14(9-10)11-3-1-2-4-11;/h8-9,11-12,15H,1-7H2;1H. The first-order valence-corrected chi connectivity index (χ1v) is 5.75. The van der Waals surface area contributed by atoms with Crippen molar-refractivity contribution in [2.24, 2.45) is 0 Å². The molecule has 92 valence electrons. The second-order valence-electron chi connectivity index (χ2n) is 4.17. The number of nitrogens with zero attached hydrogens (tertiary/aromatic N) is 2. The summed E-state index contributed by atoms with van der Waals surface area (Å²) < 4.78 is 2.10. The molecule has 1 saturated carbocycles. The summed E-state index contributed by atoms with van der Waals surface area (Å²) in [6.45, 7) is 1.64. The van der Waals surface area contributed by atoms with Crippen molar-refractivity contribution >= 4 is 12.4 Å². The van der Waals surface area contributed by atoms with E-state index < -0.39 is 0 Å². The van der Waals surface area contributed by atoms with E-state index in [1.165, 1.54) is 31.2 Å². The lowest BCUT2D eigenvalue weighted by Gasteiger charge is -2.08. The van der Waals surface area contributed by atoms with Crippen LogP contribution in [0.4, 0.5) is 0 Å². The van der Waals surface area contributed by atoms with Crippen LogP contribution >= 0.6 is 12.4 Å². The fourth-order valence-electron chi connectivity index (χ4n) is 2.15. The Balaban J connectivity index is 0.00000128. The highest BCUT2D eigenvalue weighted by atomic mass is 35.5. The summed E-state index contributed by atoms with van der Waals surface area (Å²) in [6, 6.07) is 0.622. The van der Waals surface area contributed by atoms with Gasteiger partial charge in [0.25, 0.3) is 0 Å². The molecule has 0 aliphatic heterocycles. The molecular formula is C11H20ClN3O. The first kappa shape index (κ1) is 13.5. The Bertz CT molecular complexity index is 297. The van der Waals surface area contributed by atoms with Gasteiger partial charge in [0.15, 0.2) is 0 Å². The highest BCUT2D eigenvalue weighted by molar-refractivity contribution is 5.85. The van der Waals surface area contributed by atoms with Gasteiger partial charge in [-0.15, -0.1) is 12.4 Å². The zero-order valence-corrected chi connectivity index (χ0v) is 10.2. The number of nitrogens with one attached hydrogen (secondary N) is 1. The predicted octanol–water partition coefficient (Wildman–Crippen LogP) is 1.50. The van der Waals surface area contributed by atoms with Gasteiger partial charge in [0.05, 0.1) is 18.8 Å². The zero-order valence-electron chi connectivity index (χ0n) is 9.43. The Kier molecular flexibility index (Phi) is 5.80. The molecule has 0 bridgehead atoms. The monoisotopic (exact) mass is 245 g/mol. The van der Waals surface area contributed by atoms with Crippen LogP contribution in [0.3, 0.4) is 0 Å². The maximum atomic E-state index is 8.64. The molecule has 0 saturated heterocycles. The molecule has 1 fully saturated rings. The summed E-state index contributed by atoms with van der Waals surface area (Å²) in [7, 11) is 0. The lowest BCUT2D eigenvalue weighted by Crippen LogP contribution is -2.17. The summed E-state index contributed by atoms with van der Waals surface area (Å²) >= 11 is 0. The van der Waals surface area contributed by atoms with Gasteiger partial charge in [-0.25, -0.2) is 0 Å². The molecule has 2 N–H and O–H groups in total. The maximum Gasteiger partial charge on any atom is 0.0556 e. The number of aliphatic hydroxyl groups is 1. The molecule has 0 atom stereocenters. The van der Waals surface area contributed by atoms with Gasteiger partial charge in [-0.3, -0.25) is 4.68 Å². The van der Waals surface area contributed by atoms with Gasteiger partial charge >= 0.3 is 0 Å². The van der Waals surface area contributed by atoms with Crippen LogP contribution in [0.15, 0.2) is 12.4 Å². The van der Waals surface area contributed by atoms with Crippen LogP contribution in [0.1, 0.15) is 37.3 Å². The molecule has 0 spiro atoms. The third-order valence-corrected chi connectivity index (χ3v) is 2.97. The average Bonchev–Trinajstić information content (AvgIpc) is 2.87. The van der Waals surface area contributed by atoms with E-state index in [2.05, 4.69) is 21.3 Å². The summed E-state index contributed by atoms with van der Waals surface area (Å²) in [5, 5.41) is 16.2. The summed E-state index contributed by atoms with van der Waals surface area (Å²) in [6.07, 6.45) is 9.25. The SMILES string of the molecule is Cl.OCCNCc1cnn(C2CCCC2)c1. The van der Waals surface area contributed by atoms with E-state index in [0.717, 1.165) is 6.54 Å². The van der Waals surface area contributed by atoms with E-state index in [1.807, 2.05) is 6.20 Å². The Morgan fingerprint density at radius 3 is 2.88 bits per heavy atom. The minimum Gasteiger partial charge on any atom is -0.395 e. The van der Waals surface area contributed by atoms with E-state index in [4.69, 9.17) is 5.11 Å². The zero-order chi connectivity index (χ0) is 10.5. The number of aliphatic hydroxyl groups excluding tert-OH is 1. The van der Waals surface area contributed by atoms with Crippen molar-refractivity contribution in [1.82, 2.24) is 15.1 Å². The fourth-order valence-corrected chi connectivity index (χ4v) is 2.15. The highest BCUT2D eigenvalue weighted by Gasteiger charge is 2.17. The largest absolute Gasteiger partial charge is 0.395 e. The van der Waals surface area contributed by atoms with Crippen molar-refractivity contribution in [1.29, 1.82) is 0 Å². The van der Waals surface area contributed by atoms with Crippen molar-refractivity contribution in [2.75, 3.05) is 13.2 Å². The molecule has 1 aliphatic rings.